The third-order valence-corrected chi connectivity index (χ3v) is 9.49. The zero-order valence-corrected chi connectivity index (χ0v) is 23.6. The molecule has 3 N–H and O–H groups in total. The number of rotatable bonds is 5. The van der Waals surface area contributed by atoms with Crippen molar-refractivity contribution < 1.29 is 22.0 Å². The molecule has 2 unspecified atom stereocenters. The van der Waals surface area contributed by atoms with Crippen LogP contribution in [0.5, 0.6) is 0 Å². The second-order valence-electron chi connectivity index (χ2n) is 10.9. The fraction of sp³-hybridized carbons (Fsp3) is 0.286. The van der Waals surface area contributed by atoms with Crippen molar-refractivity contribution in [2.45, 2.75) is 48.6 Å². The molecule has 2 aliphatic rings. The summed E-state index contributed by atoms with van der Waals surface area (Å²) in [7, 11) is -3.82. The molecule has 15 heteroatoms. The van der Waals surface area contributed by atoms with Crippen LogP contribution in [0.1, 0.15) is 47.8 Å². The number of anilines is 1. The molecule has 12 nitrogen and oxygen atoms in total. The van der Waals surface area contributed by atoms with Crippen LogP contribution in [0.15, 0.2) is 53.8 Å². The molecular formula is C28H25F2N9O3S. The first-order chi connectivity index (χ1) is 20.6. The van der Waals surface area contributed by atoms with Crippen molar-refractivity contribution in [1.82, 2.24) is 39.9 Å². The van der Waals surface area contributed by atoms with Gasteiger partial charge in [0.1, 0.15) is 28.0 Å². The first-order valence-corrected chi connectivity index (χ1v) is 15.5. The van der Waals surface area contributed by atoms with Crippen LogP contribution < -0.4 is 5.73 Å². The lowest BCUT2D eigenvalue weighted by atomic mass is 9.87. The minimum Gasteiger partial charge on any atom is -0.382 e. The molecule has 2 atom stereocenters. The van der Waals surface area contributed by atoms with Crippen LogP contribution in [0.2, 0.25) is 0 Å². The minimum absolute atomic E-state index is 0.0684. The van der Waals surface area contributed by atoms with Crippen molar-refractivity contribution in [3.63, 3.8) is 0 Å². The van der Waals surface area contributed by atoms with E-state index in [1.807, 2.05) is 4.90 Å². The van der Waals surface area contributed by atoms with Crippen molar-refractivity contribution in [2.24, 2.45) is 0 Å². The van der Waals surface area contributed by atoms with E-state index in [0.717, 1.165) is 31.2 Å². The number of nitrogens with two attached hydrogens (primary N) is 1. The fourth-order valence-corrected chi connectivity index (χ4v) is 7.55. The number of pyridine rings is 1. The van der Waals surface area contributed by atoms with Crippen LogP contribution in [-0.4, -0.2) is 72.6 Å². The van der Waals surface area contributed by atoms with Crippen molar-refractivity contribution in [3.05, 3.63) is 71.9 Å². The van der Waals surface area contributed by atoms with Gasteiger partial charge in [0.25, 0.3) is 5.91 Å². The van der Waals surface area contributed by atoms with Crippen LogP contribution >= 0.6 is 0 Å². The number of benzene rings is 1. The van der Waals surface area contributed by atoms with Crippen LogP contribution in [0.3, 0.4) is 0 Å². The lowest BCUT2D eigenvalue weighted by Gasteiger charge is -2.39. The molecule has 1 aromatic carbocycles. The number of hydrogen-bond acceptors (Lipinski definition) is 9. The maximum Gasteiger partial charge on any atom is 0.274 e. The lowest BCUT2D eigenvalue weighted by molar-refractivity contribution is 0.0562. The summed E-state index contributed by atoms with van der Waals surface area (Å²) in [6.45, 7) is 0. The van der Waals surface area contributed by atoms with Gasteiger partial charge in [0.05, 0.1) is 29.3 Å². The van der Waals surface area contributed by atoms with Crippen molar-refractivity contribution >= 4 is 27.2 Å². The summed E-state index contributed by atoms with van der Waals surface area (Å²) in [6.07, 6.45) is 7.99. The number of hydrogen-bond donors (Lipinski definition) is 2. The molecule has 0 saturated carbocycles. The number of H-pyrrole nitrogens is 1. The summed E-state index contributed by atoms with van der Waals surface area (Å²) in [5.41, 5.74) is 8.37. The van der Waals surface area contributed by atoms with Gasteiger partial charge in [0.2, 0.25) is 0 Å². The van der Waals surface area contributed by atoms with Crippen LogP contribution in [0.25, 0.3) is 28.0 Å². The lowest BCUT2D eigenvalue weighted by Crippen LogP contribution is -2.46. The predicted molar refractivity (Wildman–Crippen MR) is 150 cm³/mol. The predicted octanol–water partition coefficient (Wildman–Crippen LogP) is 3.39. The zero-order chi connectivity index (χ0) is 30.0. The molecular weight excluding hydrogens is 580 g/mol. The summed E-state index contributed by atoms with van der Waals surface area (Å²) >= 11 is 0. The Bertz CT molecular complexity index is 1960. The number of amides is 1. The molecule has 220 valence electrons. The van der Waals surface area contributed by atoms with Gasteiger partial charge in [-0.05, 0) is 43.9 Å². The average Bonchev–Trinajstić information content (AvgIpc) is 3.71. The van der Waals surface area contributed by atoms with E-state index < -0.39 is 21.5 Å². The SMILES string of the molecule is CS(=O)(=O)c1c(C2CC3CCC(C2)N3C(=O)c2cnn[nH]2)nc2c(-c3ccc(-c4c(F)cccc4F)nc3)cnn2c1N. The molecule has 2 bridgehead atoms. The van der Waals surface area contributed by atoms with E-state index in [1.165, 1.54) is 35.2 Å². The van der Waals surface area contributed by atoms with Gasteiger partial charge in [0.15, 0.2) is 15.5 Å². The zero-order valence-electron chi connectivity index (χ0n) is 22.8. The van der Waals surface area contributed by atoms with Crippen molar-refractivity contribution in [3.8, 4) is 22.4 Å². The highest BCUT2D eigenvalue weighted by Crippen LogP contribution is 2.45. The van der Waals surface area contributed by atoms with E-state index in [2.05, 4.69) is 25.5 Å². The summed E-state index contributed by atoms with van der Waals surface area (Å²) in [5.74, 6) is -2.00. The molecule has 0 spiro atoms. The van der Waals surface area contributed by atoms with Gasteiger partial charge in [-0.25, -0.2) is 22.2 Å². The highest BCUT2D eigenvalue weighted by molar-refractivity contribution is 7.91. The van der Waals surface area contributed by atoms with Crippen LogP contribution in [0, 0.1) is 11.6 Å². The molecule has 4 aromatic heterocycles. The van der Waals surface area contributed by atoms with Gasteiger partial charge in [-0.15, -0.1) is 5.10 Å². The van der Waals surface area contributed by atoms with Gasteiger partial charge in [-0.3, -0.25) is 14.9 Å². The maximum atomic E-state index is 14.3. The summed E-state index contributed by atoms with van der Waals surface area (Å²) < 4.78 is 56.0. The number of nitrogen functional groups attached to an aromatic ring is 1. The summed E-state index contributed by atoms with van der Waals surface area (Å²) in [5, 5.41) is 14.3. The van der Waals surface area contributed by atoms with E-state index in [9.17, 15) is 22.0 Å². The number of carbonyl (C=O) groups excluding carboxylic acids is 1. The maximum absolute atomic E-state index is 14.3. The highest BCUT2D eigenvalue weighted by Gasteiger charge is 2.46. The van der Waals surface area contributed by atoms with Crippen molar-refractivity contribution in [1.29, 1.82) is 0 Å². The molecule has 1 amide bonds. The molecule has 0 aliphatic carbocycles. The molecule has 0 radical (unpaired) electrons. The second-order valence-corrected chi connectivity index (χ2v) is 12.9. The summed E-state index contributed by atoms with van der Waals surface area (Å²) in [4.78, 5) is 24.0. The topological polar surface area (TPSA) is 165 Å². The molecule has 2 aliphatic heterocycles. The van der Waals surface area contributed by atoms with E-state index >= 15 is 0 Å². The number of nitrogens with one attached hydrogen (secondary N) is 1. The Morgan fingerprint density at radius 3 is 2.37 bits per heavy atom. The third kappa shape index (κ3) is 4.42. The van der Waals surface area contributed by atoms with Gasteiger partial charge in [0, 0.05) is 41.6 Å². The Morgan fingerprint density at radius 1 is 1.05 bits per heavy atom. The Balaban J connectivity index is 1.29. The first kappa shape index (κ1) is 27.1. The van der Waals surface area contributed by atoms with Crippen LogP contribution in [0.4, 0.5) is 14.6 Å². The molecule has 2 fully saturated rings. The van der Waals surface area contributed by atoms with Gasteiger partial charge in [-0.2, -0.15) is 9.61 Å². The van der Waals surface area contributed by atoms with Crippen molar-refractivity contribution in [2.75, 3.05) is 12.0 Å². The smallest absolute Gasteiger partial charge is 0.274 e. The molecule has 2 saturated heterocycles. The number of piperidine rings is 1. The van der Waals surface area contributed by atoms with E-state index in [0.29, 0.717) is 41.0 Å². The normalized spacial score (nSPS) is 20.2. The summed E-state index contributed by atoms with van der Waals surface area (Å²) in [6, 6.07) is 6.50. The van der Waals surface area contributed by atoms with Crippen LogP contribution in [-0.2, 0) is 9.84 Å². The number of halogens is 2. The largest absolute Gasteiger partial charge is 0.382 e. The van der Waals surface area contributed by atoms with Gasteiger partial charge < -0.3 is 10.6 Å². The van der Waals surface area contributed by atoms with E-state index in [1.54, 1.807) is 6.07 Å². The Hall–Kier alpha value is -4.79. The molecule has 5 aromatic rings. The standard InChI is InChI=1S/C28H25F2N9O3S/c1-43(41,42)25-24(15-9-16-6-7-17(10-15)38(16)28(40)22-13-33-37-36-22)35-27-18(12-34-39(27)26(25)31)14-5-8-21(32-11-14)23-19(29)3-2-4-20(23)30/h2-5,8,11-13,15-17H,6-7,9-10,31H2,1H3,(H,33,36,37). The third-order valence-electron chi connectivity index (χ3n) is 8.33. The number of carbonyl (C=O) groups is 1. The fourth-order valence-electron chi connectivity index (χ4n) is 6.49. The Labute approximate surface area is 243 Å². The number of sulfone groups is 1. The number of aromatic amines is 1. The van der Waals surface area contributed by atoms with E-state index in [-0.39, 0.29) is 45.9 Å². The molecule has 6 heterocycles. The Morgan fingerprint density at radius 2 is 1.77 bits per heavy atom. The monoisotopic (exact) mass is 605 g/mol. The number of aromatic nitrogens is 7. The average molecular weight is 606 g/mol. The van der Waals surface area contributed by atoms with Gasteiger partial charge >= 0.3 is 0 Å². The number of nitrogens with zero attached hydrogens (tertiary/aromatic N) is 7. The highest BCUT2D eigenvalue weighted by atomic mass is 32.2. The second kappa shape index (κ2) is 9.90. The Kier molecular flexibility index (Phi) is 6.23. The first-order valence-electron chi connectivity index (χ1n) is 13.6. The molecule has 43 heavy (non-hydrogen) atoms. The quantitative estimate of drug-likeness (QED) is 0.305. The van der Waals surface area contributed by atoms with Gasteiger partial charge in [-0.1, -0.05) is 17.3 Å². The number of fused-ring (bicyclic) bond motifs is 3. The molecule has 7 rings (SSSR count). The minimum atomic E-state index is -3.82. The van der Waals surface area contributed by atoms with E-state index in [4.69, 9.17) is 10.7 Å².